The summed E-state index contributed by atoms with van der Waals surface area (Å²) in [7, 11) is 0. The van der Waals surface area contributed by atoms with Gasteiger partial charge in [-0.3, -0.25) is 0 Å². The molecular formula is C33H35NO4. The molecule has 5 nitrogen and oxygen atoms in total. The highest BCUT2D eigenvalue weighted by Crippen LogP contribution is 2.37. The molecule has 4 aromatic rings. The van der Waals surface area contributed by atoms with Crippen LogP contribution in [0.2, 0.25) is 0 Å². The number of aryl methyl sites for hydroxylation is 4. The fraction of sp³-hybridized carbons (Fsp3) is 0.273. The van der Waals surface area contributed by atoms with Crippen molar-refractivity contribution in [3.05, 3.63) is 120 Å². The number of hydrogen-bond donors (Lipinski definition) is 3. The Morgan fingerprint density at radius 1 is 0.579 bits per heavy atom. The molecule has 0 heterocycles. The number of benzene rings is 4. The number of nitrogens with zero attached hydrogens (tertiary/aromatic N) is 1. The maximum Gasteiger partial charge on any atom is 0.122 e. The summed E-state index contributed by atoms with van der Waals surface area (Å²) in [6.45, 7) is 11.7. The standard InChI is InChI=1S/C33H35NO4/c1-18-7-9-30(35)26(11-18)16-28-22(5)24(13-20(3)32(28)34-38)15-25-14-21(4)33(37)29(23(25)6)17-27-12-19(2)8-10-31(27)36/h7-14,35-37H,15-17H2,1-6H3. The fourth-order valence-electron chi connectivity index (χ4n) is 5.32. The summed E-state index contributed by atoms with van der Waals surface area (Å²) in [4.78, 5) is 11.9. The molecule has 0 atom stereocenters. The molecule has 4 aromatic carbocycles. The zero-order valence-corrected chi connectivity index (χ0v) is 22.9. The first-order valence-corrected chi connectivity index (χ1v) is 12.8. The lowest BCUT2D eigenvalue weighted by atomic mass is 9.86. The molecule has 38 heavy (non-hydrogen) atoms. The zero-order valence-electron chi connectivity index (χ0n) is 22.9. The van der Waals surface area contributed by atoms with Gasteiger partial charge in [-0.25, -0.2) is 0 Å². The van der Waals surface area contributed by atoms with Crippen LogP contribution in [0.5, 0.6) is 17.2 Å². The molecule has 0 saturated carbocycles. The average molecular weight is 510 g/mol. The number of hydrogen-bond acceptors (Lipinski definition) is 5. The summed E-state index contributed by atoms with van der Waals surface area (Å²) in [5.74, 6) is 0.657. The van der Waals surface area contributed by atoms with Crippen molar-refractivity contribution < 1.29 is 15.3 Å². The lowest BCUT2D eigenvalue weighted by Gasteiger charge is -2.20. The highest BCUT2D eigenvalue weighted by molar-refractivity contribution is 5.62. The molecule has 0 aliphatic carbocycles. The van der Waals surface area contributed by atoms with Crippen LogP contribution < -0.4 is 0 Å². The molecule has 5 heteroatoms. The Kier molecular flexibility index (Phi) is 7.58. The van der Waals surface area contributed by atoms with Crippen molar-refractivity contribution in [2.75, 3.05) is 0 Å². The van der Waals surface area contributed by atoms with E-state index in [1.54, 1.807) is 12.1 Å². The Morgan fingerprint density at radius 3 is 1.58 bits per heavy atom. The van der Waals surface area contributed by atoms with Crippen LogP contribution in [0.15, 0.2) is 53.7 Å². The normalized spacial score (nSPS) is 11.1. The quantitative estimate of drug-likeness (QED) is 0.222. The molecule has 0 aliphatic heterocycles. The van der Waals surface area contributed by atoms with E-state index in [1.165, 1.54) is 0 Å². The van der Waals surface area contributed by atoms with Gasteiger partial charge in [-0.05, 0) is 115 Å². The molecule has 0 bridgehead atoms. The lowest BCUT2D eigenvalue weighted by Crippen LogP contribution is -2.05. The molecule has 0 unspecified atom stereocenters. The topological polar surface area (TPSA) is 90.1 Å². The molecule has 3 N–H and O–H groups in total. The van der Waals surface area contributed by atoms with E-state index >= 15 is 0 Å². The van der Waals surface area contributed by atoms with E-state index in [-0.39, 0.29) is 17.2 Å². The summed E-state index contributed by atoms with van der Waals surface area (Å²) in [6, 6.07) is 15.0. The van der Waals surface area contributed by atoms with Crippen molar-refractivity contribution >= 4 is 5.69 Å². The van der Waals surface area contributed by atoms with Crippen LogP contribution in [-0.4, -0.2) is 15.3 Å². The van der Waals surface area contributed by atoms with E-state index < -0.39 is 0 Å². The third-order valence-electron chi connectivity index (χ3n) is 7.65. The summed E-state index contributed by atoms with van der Waals surface area (Å²) >= 11 is 0. The molecule has 0 aliphatic rings. The summed E-state index contributed by atoms with van der Waals surface area (Å²) < 4.78 is 0. The molecular weight excluding hydrogens is 474 g/mol. The minimum absolute atomic E-state index is 0.198. The van der Waals surface area contributed by atoms with Gasteiger partial charge in [0.05, 0.1) is 0 Å². The van der Waals surface area contributed by atoms with Gasteiger partial charge in [0.2, 0.25) is 0 Å². The van der Waals surface area contributed by atoms with Crippen molar-refractivity contribution in [1.82, 2.24) is 0 Å². The molecule has 0 spiro atoms. The first kappa shape index (κ1) is 26.9. The molecule has 0 fully saturated rings. The highest BCUT2D eigenvalue weighted by Gasteiger charge is 2.20. The first-order valence-electron chi connectivity index (χ1n) is 12.8. The van der Waals surface area contributed by atoms with Gasteiger partial charge in [0, 0.05) is 18.4 Å². The van der Waals surface area contributed by atoms with E-state index in [0.29, 0.717) is 24.9 Å². The van der Waals surface area contributed by atoms with Crippen LogP contribution in [0.3, 0.4) is 0 Å². The van der Waals surface area contributed by atoms with E-state index in [9.17, 15) is 20.2 Å². The van der Waals surface area contributed by atoms with Crippen molar-refractivity contribution in [1.29, 1.82) is 0 Å². The first-order chi connectivity index (χ1) is 18.0. The van der Waals surface area contributed by atoms with Gasteiger partial charge in [-0.1, -0.05) is 47.5 Å². The van der Waals surface area contributed by atoms with Crippen LogP contribution in [0, 0.1) is 46.4 Å². The SMILES string of the molecule is Cc1ccc(O)c(Cc2c(C)c(Cc3cc(C)c(N=O)c(Cc4cc(C)ccc4O)c3C)cc(C)c2O)c1. The highest BCUT2D eigenvalue weighted by atomic mass is 16.3. The Bertz CT molecular complexity index is 1550. The van der Waals surface area contributed by atoms with E-state index in [2.05, 4.69) is 5.18 Å². The van der Waals surface area contributed by atoms with Gasteiger partial charge >= 0.3 is 0 Å². The van der Waals surface area contributed by atoms with Gasteiger partial charge in [-0.15, -0.1) is 4.91 Å². The van der Waals surface area contributed by atoms with Gasteiger partial charge in [-0.2, -0.15) is 0 Å². The second-order valence-electron chi connectivity index (χ2n) is 10.5. The van der Waals surface area contributed by atoms with Crippen molar-refractivity contribution in [2.45, 2.75) is 60.8 Å². The Morgan fingerprint density at radius 2 is 1.05 bits per heavy atom. The Balaban J connectivity index is 1.79. The van der Waals surface area contributed by atoms with E-state index in [0.717, 1.165) is 66.8 Å². The maximum absolute atomic E-state index is 11.9. The number of nitroso groups, excluding NO2 is 1. The molecule has 0 amide bonds. The van der Waals surface area contributed by atoms with Gasteiger partial charge in [0.15, 0.2) is 0 Å². The average Bonchev–Trinajstić information content (AvgIpc) is 2.87. The molecule has 0 radical (unpaired) electrons. The van der Waals surface area contributed by atoms with Crippen LogP contribution >= 0.6 is 0 Å². The zero-order chi connectivity index (χ0) is 27.7. The van der Waals surface area contributed by atoms with Crippen molar-refractivity contribution in [3.8, 4) is 17.2 Å². The molecule has 4 rings (SSSR count). The number of rotatable bonds is 7. The second kappa shape index (κ2) is 10.7. The third kappa shape index (κ3) is 5.28. The number of phenolic OH excluding ortho intramolecular Hbond substituents is 3. The van der Waals surface area contributed by atoms with Gasteiger partial charge < -0.3 is 15.3 Å². The fourth-order valence-corrected chi connectivity index (χ4v) is 5.32. The minimum Gasteiger partial charge on any atom is -0.508 e. The monoisotopic (exact) mass is 509 g/mol. The Hall–Kier alpha value is -4.12. The minimum atomic E-state index is 0.198. The summed E-state index contributed by atoms with van der Waals surface area (Å²) in [5, 5.41) is 35.2. The smallest absolute Gasteiger partial charge is 0.122 e. The van der Waals surface area contributed by atoms with Crippen LogP contribution in [0.25, 0.3) is 0 Å². The van der Waals surface area contributed by atoms with Crippen LogP contribution in [-0.2, 0) is 19.3 Å². The number of aromatic hydroxyl groups is 3. The molecule has 0 aromatic heterocycles. The maximum atomic E-state index is 11.9. The summed E-state index contributed by atoms with van der Waals surface area (Å²) in [5.41, 5.74) is 11.3. The molecule has 0 saturated heterocycles. The van der Waals surface area contributed by atoms with E-state index in [1.807, 2.05) is 77.9 Å². The summed E-state index contributed by atoms with van der Waals surface area (Å²) in [6.07, 6.45) is 1.43. The predicted octanol–water partition coefficient (Wildman–Crippen LogP) is 7.82. The van der Waals surface area contributed by atoms with Crippen LogP contribution in [0.4, 0.5) is 5.69 Å². The van der Waals surface area contributed by atoms with Gasteiger partial charge in [0.25, 0.3) is 0 Å². The third-order valence-corrected chi connectivity index (χ3v) is 7.65. The van der Waals surface area contributed by atoms with Crippen LogP contribution in [0.1, 0.15) is 66.8 Å². The largest absolute Gasteiger partial charge is 0.508 e. The van der Waals surface area contributed by atoms with Gasteiger partial charge in [0.1, 0.15) is 22.9 Å². The van der Waals surface area contributed by atoms with E-state index in [4.69, 9.17) is 0 Å². The number of phenols is 3. The molecule has 196 valence electrons. The predicted molar refractivity (Wildman–Crippen MR) is 153 cm³/mol. The second-order valence-corrected chi connectivity index (χ2v) is 10.5. The Labute approximate surface area is 224 Å². The lowest BCUT2D eigenvalue weighted by molar-refractivity contribution is 0.459. The van der Waals surface area contributed by atoms with Crippen molar-refractivity contribution in [3.63, 3.8) is 0 Å². The van der Waals surface area contributed by atoms with Crippen molar-refractivity contribution in [2.24, 2.45) is 5.18 Å².